The van der Waals surface area contributed by atoms with Crippen molar-refractivity contribution >= 4 is 49.6 Å². The zero-order chi connectivity index (χ0) is 24.8. The van der Waals surface area contributed by atoms with E-state index in [4.69, 9.17) is 0 Å². The first-order valence-corrected chi connectivity index (χ1v) is 12.7. The quantitative estimate of drug-likeness (QED) is 0.246. The number of fused-ring (bicyclic) bond motifs is 4. The van der Waals surface area contributed by atoms with Gasteiger partial charge in [0.2, 0.25) is 0 Å². The lowest BCUT2D eigenvalue weighted by molar-refractivity contribution is 1.02. The van der Waals surface area contributed by atoms with Crippen molar-refractivity contribution in [1.82, 2.24) is 4.57 Å². The molecule has 0 saturated carbocycles. The maximum Gasteiger partial charge on any atom is 0.0495 e. The van der Waals surface area contributed by atoms with Gasteiger partial charge in [0.05, 0.1) is 0 Å². The highest BCUT2D eigenvalue weighted by atomic mass is 15.1. The Hall–Kier alpha value is -4.82. The summed E-state index contributed by atoms with van der Waals surface area (Å²) in [6.45, 7) is 0. The number of aryl methyl sites for hydroxylation is 1. The van der Waals surface area contributed by atoms with Crippen molar-refractivity contribution in [3.63, 3.8) is 0 Å². The van der Waals surface area contributed by atoms with Crippen LogP contribution < -0.4 is 4.90 Å². The van der Waals surface area contributed by atoms with Gasteiger partial charge < -0.3 is 9.47 Å². The van der Waals surface area contributed by atoms with Crippen LogP contribution in [0.5, 0.6) is 0 Å². The number of hydrogen-bond donors (Lipinski definition) is 0. The molecule has 0 spiro atoms. The Morgan fingerprint density at radius 3 is 1.70 bits per heavy atom. The molecule has 0 atom stereocenters. The topological polar surface area (TPSA) is 8.17 Å². The van der Waals surface area contributed by atoms with E-state index in [1.54, 1.807) is 0 Å². The van der Waals surface area contributed by atoms with Gasteiger partial charge in [-0.3, -0.25) is 0 Å². The SMILES string of the molecule is Cn1c2cc3ccccc3cc2c2c(-c3ccc(N(c4ccccc4)c4ccccc4)cc3)cccc21. The summed E-state index contributed by atoms with van der Waals surface area (Å²) in [4.78, 5) is 2.30. The molecule has 1 aromatic heterocycles. The lowest BCUT2D eigenvalue weighted by Crippen LogP contribution is -2.09. The highest BCUT2D eigenvalue weighted by molar-refractivity contribution is 6.17. The smallest absolute Gasteiger partial charge is 0.0495 e. The van der Waals surface area contributed by atoms with E-state index in [-0.39, 0.29) is 0 Å². The first kappa shape index (κ1) is 21.5. The van der Waals surface area contributed by atoms with Crippen LogP contribution in [0.4, 0.5) is 17.1 Å². The van der Waals surface area contributed by atoms with E-state index in [2.05, 4.69) is 156 Å². The van der Waals surface area contributed by atoms with Crippen LogP contribution >= 0.6 is 0 Å². The van der Waals surface area contributed by atoms with Gasteiger partial charge in [-0.1, -0.05) is 84.9 Å². The summed E-state index contributed by atoms with van der Waals surface area (Å²) in [5, 5.41) is 5.15. The molecule has 0 aliphatic heterocycles. The Balaban J connectivity index is 1.39. The Labute approximate surface area is 216 Å². The molecule has 0 unspecified atom stereocenters. The highest BCUT2D eigenvalue weighted by Gasteiger charge is 2.16. The lowest BCUT2D eigenvalue weighted by atomic mass is 9.98. The second kappa shape index (κ2) is 8.69. The predicted molar refractivity (Wildman–Crippen MR) is 158 cm³/mol. The van der Waals surface area contributed by atoms with E-state index in [1.165, 1.54) is 43.7 Å². The van der Waals surface area contributed by atoms with Gasteiger partial charge in [0.15, 0.2) is 0 Å². The Kier molecular flexibility index (Phi) is 5.04. The van der Waals surface area contributed by atoms with Crippen molar-refractivity contribution in [2.75, 3.05) is 4.90 Å². The van der Waals surface area contributed by atoms with Crippen LogP contribution in [0, 0.1) is 0 Å². The normalized spacial score (nSPS) is 11.4. The van der Waals surface area contributed by atoms with Crippen molar-refractivity contribution in [1.29, 1.82) is 0 Å². The molecule has 0 fully saturated rings. The number of para-hydroxylation sites is 2. The zero-order valence-corrected chi connectivity index (χ0v) is 20.7. The molecule has 0 saturated heterocycles. The zero-order valence-electron chi connectivity index (χ0n) is 20.7. The van der Waals surface area contributed by atoms with Gasteiger partial charge >= 0.3 is 0 Å². The summed E-state index contributed by atoms with van der Waals surface area (Å²) in [6.07, 6.45) is 0. The minimum Gasteiger partial charge on any atom is -0.344 e. The molecule has 37 heavy (non-hydrogen) atoms. The van der Waals surface area contributed by atoms with Crippen LogP contribution in [0.15, 0.2) is 140 Å². The van der Waals surface area contributed by atoms with E-state index < -0.39 is 0 Å². The molecule has 0 N–H and O–H groups in total. The minimum atomic E-state index is 1.14. The first-order chi connectivity index (χ1) is 18.3. The maximum absolute atomic E-state index is 2.34. The number of hydrogen-bond acceptors (Lipinski definition) is 1. The monoisotopic (exact) mass is 474 g/mol. The van der Waals surface area contributed by atoms with Crippen molar-refractivity contribution in [2.24, 2.45) is 7.05 Å². The van der Waals surface area contributed by atoms with Crippen molar-refractivity contribution in [2.45, 2.75) is 0 Å². The van der Waals surface area contributed by atoms with Crippen molar-refractivity contribution < 1.29 is 0 Å². The van der Waals surface area contributed by atoms with Crippen LogP contribution in [-0.2, 0) is 7.05 Å². The van der Waals surface area contributed by atoms with Crippen LogP contribution in [0.25, 0.3) is 43.7 Å². The van der Waals surface area contributed by atoms with Crippen LogP contribution in [0.1, 0.15) is 0 Å². The molecule has 1 heterocycles. The van der Waals surface area contributed by atoms with Gasteiger partial charge in [0.1, 0.15) is 0 Å². The molecule has 176 valence electrons. The number of rotatable bonds is 4. The van der Waals surface area contributed by atoms with E-state index >= 15 is 0 Å². The molecule has 0 radical (unpaired) electrons. The molecule has 0 bridgehead atoms. The minimum absolute atomic E-state index is 1.14. The Bertz CT molecular complexity index is 1830. The summed E-state index contributed by atoms with van der Waals surface area (Å²) < 4.78 is 2.32. The predicted octanol–water partition coefficient (Wildman–Crippen LogP) is 9.62. The van der Waals surface area contributed by atoms with E-state index in [0.29, 0.717) is 0 Å². The van der Waals surface area contributed by atoms with Gasteiger partial charge in [0.25, 0.3) is 0 Å². The second-order valence-electron chi connectivity index (χ2n) is 9.53. The summed E-state index contributed by atoms with van der Waals surface area (Å²) in [7, 11) is 2.17. The van der Waals surface area contributed by atoms with Crippen LogP contribution in [0.3, 0.4) is 0 Å². The molecular weight excluding hydrogens is 448 g/mol. The summed E-state index contributed by atoms with van der Waals surface area (Å²) >= 11 is 0. The van der Waals surface area contributed by atoms with Gasteiger partial charge in [0, 0.05) is 45.9 Å². The fourth-order valence-electron chi connectivity index (χ4n) is 5.57. The number of nitrogens with zero attached hydrogens (tertiary/aromatic N) is 2. The Morgan fingerprint density at radius 2 is 1.05 bits per heavy atom. The molecule has 0 aliphatic carbocycles. The third kappa shape index (κ3) is 3.57. The van der Waals surface area contributed by atoms with E-state index in [1.807, 2.05) is 0 Å². The van der Waals surface area contributed by atoms with Crippen molar-refractivity contribution in [3.8, 4) is 11.1 Å². The molecule has 2 heteroatoms. The average molecular weight is 475 g/mol. The van der Waals surface area contributed by atoms with Gasteiger partial charge in [-0.25, -0.2) is 0 Å². The third-order valence-corrected chi connectivity index (χ3v) is 7.36. The fourth-order valence-corrected chi connectivity index (χ4v) is 5.57. The van der Waals surface area contributed by atoms with Crippen LogP contribution in [-0.4, -0.2) is 4.57 Å². The number of anilines is 3. The molecule has 0 amide bonds. The van der Waals surface area contributed by atoms with Crippen molar-refractivity contribution in [3.05, 3.63) is 140 Å². The summed E-state index contributed by atoms with van der Waals surface area (Å²) in [5.41, 5.74) is 8.41. The van der Waals surface area contributed by atoms with E-state index in [0.717, 1.165) is 17.1 Å². The second-order valence-corrected chi connectivity index (χ2v) is 9.53. The fraction of sp³-hybridized carbons (Fsp3) is 0.0286. The van der Waals surface area contributed by atoms with Gasteiger partial charge in [-0.05, 0) is 76.5 Å². The first-order valence-electron chi connectivity index (χ1n) is 12.7. The standard InChI is InChI=1S/C35H26N2/c1-36-33-18-10-17-31(35(33)32-23-26-11-8-9-12-27(26)24-34(32)36)25-19-21-30(22-20-25)37(28-13-4-2-5-14-28)29-15-6-3-7-16-29/h2-24H,1H3. The molecule has 2 nitrogen and oxygen atoms in total. The number of benzene rings is 6. The summed E-state index contributed by atoms with van der Waals surface area (Å²) in [6, 6.07) is 50.0. The third-order valence-electron chi connectivity index (χ3n) is 7.36. The molecule has 0 aliphatic rings. The number of aromatic nitrogens is 1. The largest absolute Gasteiger partial charge is 0.344 e. The average Bonchev–Trinajstić information content (AvgIpc) is 3.24. The molecule has 7 rings (SSSR count). The molecule has 7 aromatic rings. The summed E-state index contributed by atoms with van der Waals surface area (Å²) in [5.74, 6) is 0. The maximum atomic E-state index is 2.34. The molecule has 6 aromatic carbocycles. The van der Waals surface area contributed by atoms with Crippen LogP contribution in [0.2, 0.25) is 0 Å². The van der Waals surface area contributed by atoms with Gasteiger partial charge in [-0.15, -0.1) is 0 Å². The van der Waals surface area contributed by atoms with Gasteiger partial charge in [-0.2, -0.15) is 0 Å². The lowest BCUT2D eigenvalue weighted by Gasteiger charge is -2.25. The highest BCUT2D eigenvalue weighted by Crippen LogP contribution is 2.40. The molecular formula is C35H26N2. The Morgan fingerprint density at radius 1 is 0.486 bits per heavy atom. The van der Waals surface area contributed by atoms with E-state index in [9.17, 15) is 0 Å².